The standard InChI is InChI=1S/C29H33F3/c1-2-3-4-5-6-7-8-9-24-13-17-27(28(30)22-24)16-12-23-10-14-25(15-11-23)26-18-20-29(31,32)21-19-26/h8-11,13-15,17,22,26H,2-7,18-21H2,1H3/b9-8+. The number of unbranched alkanes of at least 4 members (excludes halogenated alkanes) is 5. The number of benzene rings is 2. The molecular formula is C29H33F3. The monoisotopic (exact) mass is 438 g/mol. The molecule has 0 aromatic heterocycles. The summed E-state index contributed by atoms with van der Waals surface area (Å²) in [5.74, 6) is 3.29. The molecule has 0 aliphatic heterocycles. The van der Waals surface area contributed by atoms with Gasteiger partial charge in [0.15, 0.2) is 0 Å². The Morgan fingerprint density at radius 2 is 1.66 bits per heavy atom. The van der Waals surface area contributed by atoms with E-state index in [-0.39, 0.29) is 24.6 Å². The summed E-state index contributed by atoms with van der Waals surface area (Å²) in [5, 5.41) is 0. The zero-order valence-electron chi connectivity index (χ0n) is 19.0. The van der Waals surface area contributed by atoms with Gasteiger partial charge in [-0.1, -0.05) is 74.8 Å². The molecule has 170 valence electrons. The van der Waals surface area contributed by atoms with E-state index in [0.717, 1.165) is 23.1 Å². The maximum atomic E-state index is 14.4. The Hall–Kier alpha value is -2.47. The van der Waals surface area contributed by atoms with Gasteiger partial charge in [0.2, 0.25) is 5.92 Å². The second kappa shape index (κ2) is 12.0. The van der Waals surface area contributed by atoms with Gasteiger partial charge in [-0.3, -0.25) is 0 Å². The SMILES string of the molecule is CCCCCCC/C=C/c1ccc(C#Cc2ccc(C3CCC(F)(F)CC3)cc2)c(F)c1. The largest absolute Gasteiger partial charge is 0.248 e. The average Bonchev–Trinajstić information content (AvgIpc) is 2.78. The summed E-state index contributed by atoms with van der Waals surface area (Å²) in [6.07, 6.45) is 12.3. The van der Waals surface area contributed by atoms with Crippen LogP contribution in [0.3, 0.4) is 0 Å². The summed E-state index contributed by atoms with van der Waals surface area (Å²) in [5.41, 5.74) is 3.10. The van der Waals surface area contributed by atoms with Crippen molar-refractivity contribution in [2.24, 2.45) is 0 Å². The van der Waals surface area contributed by atoms with Crippen LogP contribution in [-0.2, 0) is 0 Å². The molecule has 0 bridgehead atoms. The van der Waals surface area contributed by atoms with Gasteiger partial charge < -0.3 is 0 Å². The molecule has 3 rings (SSSR count). The van der Waals surface area contributed by atoms with Crippen molar-refractivity contribution >= 4 is 6.08 Å². The van der Waals surface area contributed by atoms with Crippen LogP contribution in [0, 0.1) is 17.7 Å². The Labute approximate surface area is 190 Å². The van der Waals surface area contributed by atoms with Gasteiger partial charge in [-0.2, -0.15) is 0 Å². The molecule has 0 atom stereocenters. The normalized spacial score (nSPS) is 16.1. The predicted octanol–water partition coefficient (Wildman–Crippen LogP) is 8.89. The number of hydrogen-bond donors (Lipinski definition) is 0. The van der Waals surface area contributed by atoms with Crippen molar-refractivity contribution in [2.45, 2.75) is 83.0 Å². The second-order valence-corrected chi connectivity index (χ2v) is 8.85. The molecule has 3 heteroatoms. The van der Waals surface area contributed by atoms with Gasteiger partial charge in [-0.05, 0) is 67.0 Å². The minimum absolute atomic E-state index is 0.0390. The number of alkyl halides is 2. The molecule has 2 aromatic carbocycles. The Morgan fingerprint density at radius 3 is 2.34 bits per heavy atom. The van der Waals surface area contributed by atoms with Gasteiger partial charge in [-0.25, -0.2) is 13.2 Å². The summed E-state index contributed by atoms with van der Waals surface area (Å²) >= 11 is 0. The van der Waals surface area contributed by atoms with Crippen LogP contribution in [0.1, 0.15) is 99.3 Å². The molecule has 0 N–H and O–H groups in total. The fourth-order valence-electron chi connectivity index (χ4n) is 4.17. The molecule has 0 radical (unpaired) electrons. The lowest BCUT2D eigenvalue weighted by Gasteiger charge is -2.28. The highest BCUT2D eigenvalue weighted by Gasteiger charge is 2.35. The van der Waals surface area contributed by atoms with Crippen molar-refractivity contribution in [3.63, 3.8) is 0 Å². The molecule has 1 saturated carbocycles. The van der Waals surface area contributed by atoms with Crippen LogP contribution in [0.25, 0.3) is 6.08 Å². The first kappa shape index (κ1) is 24.2. The van der Waals surface area contributed by atoms with E-state index in [9.17, 15) is 13.2 Å². The molecule has 1 aliphatic carbocycles. The minimum Gasteiger partial charge on any atom is -0.207 e. The first-order valence-corrected chi connectivity index (χ1v) is 11.9. The molecule has 1 fully saturated rings. The molecule has 0 saturated heterocycles. The van der Waals surface area contributed by atoms with E-state index in [1.807, 2.05) is 36.4 Å². The van der Waals surface area contributed by atoms with Crippen molar-refractivity contribution in [3.8, 4) is 11.8 Å². The van der Waals surface area contributed by atoms with Gasteiger partial charge in [-0.15, -0.1) is 0 Å². The number of hydrogen-bond acceptors (Lipinski definition) is 0. The summed E-state index contributed by atoms with van der Waals surface area (Å²) < 4.78 is 41.1. The topological polar surface area (TPSA) is 0 Å². The summed E-state index contributed by atoms with van der Waals surface area (Å²) in [4.78, 5) is 0. The van der Waals surface area contributed by atoms with E-state index >= 15 is 0 Å². The first-order chi connectivity index (χ1) is 15.5. The number of rotatable bonds is 8. The summed E-state index contributed by atoms with van der Waals surface area (Å²) in [7, 11) is 0. The van der Waals surface area contributed by atoms with Crippen molar-refractivity contribution in [2.75, 3.05) is 0 Å². The minimum atomic E-state index is -2.51. The van der Waals surface area contributed by atoms with E-state index in [1.54, 1.807) is 6.07 Å². The molecule has 0 nitrogen and oxygen atoms in total. The van der Waals surface area contributed by atoms with Crippen LogP contribution in [0.15, 0.2) is 48.5 Å². The fraction of sp³-hybridized carbons (Fsp3) is 0.448. The van der Waals surface area contributed by atoms with Gasteiger partial charge >= 0.3 is 0 Å². The van der Waals surface area contributed by atoms with Crippen LogP contribution in [0.4, 0.5) is 13.2 Å². The zero-order chi connectivity index (χ0) is 22.8. The molecule has 32 heavy (non-hydrogen) atoms. The molecule has 0 unspecified atom stereocenters. The molecular weight excluding hydrogens is 405 g/mol. The predicted molar refractivity (Wildman–Crippen MR) is 127 cm³/mol. The van der Waals surface area contributed by atoms with Gasteiger partial charge in [0.25, 0.3) is 0 Å². The van der Waals surface area contributed by atoms with Crippen molar-refractivity contribution in [1.29, 1.82) is 0 Å². The fourth-order valence-corrected chi connectivity index (χ4v) is 4.17. The Bertz CT molecular complexity index is 935. The van der Waals surface area contributed by atoms with E-state index in [0.29, 0.717) is 18.4 Å². The lowest BCUT2D eigenvalue weighted by atomic mass is 9.82. The van der Waals surface area contributed by atoms with E-state index in [2.05, 4.69) is 24.8 Å². The highest BCUT2D eigenvalue weighted by Crippen LogP contribution is 2.40. The maximum absolute atomic E-state index is 14.4. The van der Waals surface area contributed by atoms with Crippen LogP contribution >= 0.6 is 0 Å². The smallest absolute Gasteiger partial charge is 0.207 e. The summed E-state index contributed by atoms with van der Waals surface area (Å²) in [6.45, 7) is 2.21. The van der Waals surface area contributed by atoms with Crippen molar-refractivity contribution < 1.29 is 13.2 Å². The molecule has 0 amide bonds. The lowest BCUT2D eigenvalue weighted by molar-refractivity contribution is -0.0382. The number of halogens is 3. The first-order valence-electron chi connectivity index (χ1n) is 11.9. The van der Waals surface area contributed by atoms with Crippen molar-refractivity contribution in [1.82, 2.24) is 0 Å². The van der Waals surface area contributed by atoms with Gasteiger partial charge in [0, 0.05) is 18.4 Å². The molecule has 1 aliphatic rings. The summed E-state index contributed by atoms with van der Waals surface area (Å²) in [6, 6.07) is 12.9. The van der Waals surface area contributed by atoms with Gasteiger partial charge in [0.05, 0.1) is 5.56 Å². The highest BCUT2D eigenvalue weighted by molar-refractivity contribution is 5.53. The average molecular weight is 439 g/mol. The highest BCUT2D eigenvalue weighted by atomic mass is 19.3. The zero-order valence-corrected chi connectivity index (χ0v) is 19.0. The second-order valence-electron chi connectivity index (χ2n) is 8.85. The Balaban J connectivity index is 1.53. The molecule has 2 aromatic rings. The van der Waals surface area contributed by atoms with E-state index in [1.165, 1.54) is 38.2 Å². The third-order valence-electron chi connectivity index (χ3n) is 6.22. The van der Waals surface area contributed by atoms with Crippen LogP contribution in [0.2, 0.25) is 0 Å². The third-order valence-corrected chi connectivity index (χ3v) is 6.22. The van der Waals surface area contributed by atoms with Crippen LogP contribution in [-0.4, -0.2) is 5.92 Å². The molecule has 0 spiro atoms. The Kier molecular flexibility index (Phi) is 9.03. The Morgan fingerprint density at radius 1 is 0.938 bits per heavy atom. The van der Waals surface area contributed by atoms with Crippen molar-refractivity contribution in [3.05, 3.63) is 76.6 Å². The lowest BCUT2D eigenvalue weighted by Crippen LogP contribution is -2.23. The van der Waals surface area contributed by atoms with Gasteiger partial charge in [0.1, 0.15) is 5.82 Å². The molecule has 0 heterocycles. The van der Waals surface area contributed by atoms with Crippen LogP contribution in [0.5, 0.6) is 0 Å². The van der Waals surface area contributed by atoms with E-state index in [4.69, 9.17) is 0 Å². The quantitative estimate of drug-likeness (QED) is 0.285. The number of allylic oxidation sites excluding steroid dienone is 1. The van der Waals surface area contributed by atoms with Crippen LogP contribution < -0.4 is 0 Å². The maximum Gasteiger partial charge on any atom is 0.248 e. The van der Waals surface area contributed by atoms with E-state index < -0.39 is 5.92 Å². The third kappa shape index (κ3) is 7.59.